The molecule has 138 valence electrons. The Labute approximate surface area is 151 Å². The topological polar surface area (TPSA) is 104 Å². The zero-order valence-electron chi connectivity index (χ0n) is 15.0. The van der Waals surface area contributed by atoms with E-state index in [1.165, 1.54) is 19.3 Å². The van der Waals surface area contributed by atoms with Crippen LogP contribution < -0.4 is 5.32 Å². The highest BCUT2D eigenvalue weighted by atomic mass is 32.2. The summed E-state index contributed by atoms with van der Waals surface area (Å²) >= 11 is 1.68. The number of carbonyl (C=O) groups excluding carboxylic acids is 2. The second-order valence-electron chi connectivity index (χ2n) is 7.24. The smallest absolute Gasteiger partial charge is 0.249 e. The third-order valence-electron chi connectivity index (χ3n) is 4.87. The van der Waals surface area contributed by atoms with Gasteiger partial charge in [0.25, 0.3) is 0 Å². The normalized spacial score (nSPS) is 27.1. The lowest BCUT2D eigenvalue weighted by molar-refractivity contribution is -0.151. The largest absolute Gasteiger partial charge is 0.342 e. The Balaban J connectivity index is 1.55. The molecule has 0 radical (unpaired) electrons. The summed E-state index contributed by atoms with van der Waals surface area (Å²) in [7, 11) is 0. The lowest BCUT2D eigenvalue weighted by atomic mass is 9.95. The molecule has 2 aliphatic heterocycles. The molecule has 1 aromatic rings. The average Bonchev–Trinajstić information content (AvgIpc) is 3.16. The van der Waals surface area contributed by atoms with E-state index in [1.54, 1.807) is 16.7 Å². The number of H-pyrrole nitrogens is 1. The zero-order chi connectivity index (χ0) is 18.0. The second-order valence-corrected chi connectivity index (χ2v) is 9.01. The number of rotatable bonds is 8. The highest BCUT2D eigenvalue weighted by molar-refractivity contribution is 8.01. The standard InChI is InChI=1S/C16H26N6O2S/c1-4-5-6-7-8-9-10(23)17-11-14(24)22-12(13-18-20-21-19-13)16(2,3)25-15(11)22/h11-12,15H,4-9H2,1-3H3,(H,17,23)(H,18,19,20,21)/t11?,12?,15-/m0/s1. The second kappa shape index (κ2) is 7.31. The summed E-state index contributed by atoms with van der Waals surface area (Å²) in [6.07, 6.45) is 6.00. The molecule has 2 fully saturated rings. The van der Waals surface area contributed by atoms with Crippen LogP contribution in [-0.2, 0) is 9.59 Å². The van der Waals surface area contributed by atoms with E-state index in [-0.39, 0.29) is 28.0 Å². The first kappa shape index (κ1) is 18.2. The van der Waals surface area contributed by atoms with E-state index in [0.717, 1.165) is 12.8 Å². The molecule has 2 unspecified atom stereocenters. The summed E-state index contributed by atoms with van der Waals surface area (Å²) in [5.41, 5.74) is 0. The summed E-state index contributed by atoms with van der Waals surface area (Å²) in [6.45, 7) is 6.30. The Morgan fingerprint density at radius 2 is 2.08 bits per heavy atom. The van der Waals surface area contributed by atoms with Crippen molar-refractivity contribution in [1.82, 2.24) is 30.8 Å². The first-order chi connectivity index (χ1) is 12.0. The van der Waals surface area contributed by atoms with Crippen LogP contribution in [-0.4, -0.2) is 53.5 Å². The molecule has 8 nitrogen and oxygen atoms in total. The van der Waals surface area contributed by atoms with Gasteiger partial charge in [0.1, 0.15) is 17.5 Å². The van der Waals surface area contributed by atoms with Crippen molar-refractivity contribution in [3.8, 4) is 0 Å². The van der Waals surface area contributed by atoms with Crippen LogP contribution >= 0.6 is 11.8 Å². The maximum Gasteiger partial charge on any atom is 0.249 e. The molecule has 25 heavy (non-hydrogen) atoms. The number of nitrogens with zero attached hydrogens (tertiary/aromatic N) is 4. The van der Waals surface area contributed by atoms with Crippen molar-refractivity contribution in [3.63, 3.8) is 0 Å². The van der Waals surface area contributed by atoms with Gasteiger partial charge in [-0.05, 0) is 20.3 Å². The Bertz CT molecular complexity index is 620. The van der Waals surface area contributed by atoms with Crippen LogP contribution in [0.15, 0.2) is 0 Å². The monoisotopic (exact) mass is 366 g/mol. The first-order valence-electron chi connectivity index (χ1n) is 8.98. The molecule has 0 aromatic carbocycles. The van der Waals surface area contributed by atoms with Gasteiger partial charge in [-0.2, -0.15) is 5.21 Å². The Kier molecular flexibility index (Phi) is 5.31. The third-order valence-corrected chi connectivity index (χ3v) is 6.44. The van der Waals surface area contributed by atoms with Crippen LogP contribution in [0.1, 0.15) is 71.2 Å². The van der Waals surface area contributed by atoms with E-state index in [9.17, 15) is 9.59 Å². The molecular weight excluding hydrogens is 340 g/mol. The highest BCUT2D eigenvalue weighted by Gasteiger charge is 2.63. The van der Waals surface area contributed by atoms with Crippen molar-refractivity contribution in [1.29, 1.82) is 0 Å². The van der Waals surface area contributed by atoms with Gasteiger partial charge in [0.15, 0.2) is 5.82 Å². The van der Waals surface area contributed by atoms with Crippen LogP contribution in [0.25, 0.3) is 0 Å². The number of aromatic amines is 1. The SMILES string of the molecule is CCCCCCCC(=O)NC1C(=O)N2C(c3nn[nH]n3)C(C)(C)S[C@@H]12. The van der Waals surface area contributed by atoms with Gasteiger partial charge in [0.05, 0.1) is 0 Å². The molecule has 0 aliphatic carbocycles. The van der Waals surface area contributed by atoms with Crippen LogP contribution in [0.2, 0.25) is 0 Å². The van der Waals surface area contributed by atoms with E-state index >= 15 is 0 Å². The van der Waals surface area contributed by atoms with Crippen molar-refractivity contribution in [2.75, 3.05) is 0 Å². The molecule has 3 rings (SSSR count). The van der Waals surface area contributed by atoms with E-state index in [2.05, 4.69) is 46.7 Å². The van der Waals surface area contributed by atoms with E-state index in [0.29, 0.717) is 12.2 Å². The molecule has 3 heterocycles. The van der Waals surface area contributed by atoms with Crippen molar-refractivity contribution < 1.29 is 9.59 Å². The summed E-state index contributed by atoms with van der Waals surface area (Å²) in [5, 5.41) is 17.0. The molecule has 1 aromatic heterocycles. The summed E-state index contributed by atoms with van der Waals surface area (Å²) in [5.74, 6) is 0.433. The Morgan fingerprint density at radius 1 is 1.32 bits per heavy atom. The predicted molar refractivity (Wildman–Crippen MR) is 94.5 cm³/mol. The number of unbranched alkanes of at least 4 members (excludes halogenated alkanes) is 4. The summed E-state index contributed by atoms with van der Waals surface area (Å²) < 4.78 is -0.232. The molecule has 0 bridgehead atoms. The average molecular weight is 366 g/mol. The Hall–Kier alpha value is -1.64. The third kappa shape index (κ3) is 3.51. The van der Waals surface area contributed by atoms with Gasteiger partial charge >= 0.3 is 0 Å². The number of tetrazole rings is 1. The van der Waals surface area contributed by atoms with Crippen LogP contribution in [0.5, 0.6) is 0 Å². The number of fused-ring (bicyclic) bond motifs is 1. The van der Waals surface area contributed by atoms with Crippen molar-refractivity contribution in [2.24, 2.45) is 0 Å². The predicted octanol–water partition coefficient (Wildman–Crippen LogP) is 1.78. The van der Waals surface area contributed by atoms with E-state index in [4.69, 9.17) is 0 Å². The van der Waals surface area contributed by atoms with Gasteiger partial charge in [-0.3, -0.25) is 9.59 Å². The van der Waals surface area contributed by atoms with Crippen LogP contribution in [0.4, 0.5) is 0 Å². The minimum Gasteiger partial charge on any atom is -0.342 e. The number of thioether (sulfide) groups is 1. The molecule has 2 N–H and O–H groups in total. The maximum atomic E-state index is 12.6. The zero-order valence-corrected chi connectivity index (χ0v) is 15.8. The fourth-order valence-electron chi connectivity index (χ4n) is 3.58. The van der Waals surface area contributed by atoms with Gasteiger partial charge in [0, 0.05) is 11.2 Å². The number of carbonyl (C=O) groups is 2. The number of hydrogen-bond donors (Lipinski definition) is 2. The van der Waals surface area contributed by atoms with Crippen molar-refractivity contribution in [3.05, 3.63) is 5.82 Å². The quantitative estimate of drug-likeness (QED) is 0.537. The van der Waals surface area contributed by atoms with Crippen LogP contribution in [0, 0.1) is 0 Å². The van der Waals surface area contributed by atoms with Crippen molar-refractivity contribution >= 4 is 23.6 Å². The Morgan fingerprint density at radius 3 is 2.76 bits per heavy atom. The molecule has 9 heteroatoms. The number of aromatic nitrogens is 4. The lowest BCUT2D eigenvalue weighted by Crippen LogP contribution is -2.67. The number of nitrogens with one attached hydrogen (secondary N) is 2. The summed E-state index contributed by atoms with van der Waals surface area (Å²) in [6, 6.07) is -0.666. The lowest BCUT2D eigenvalue weighted by Gasteiger charge is -2.44. The number of hydrogen-bond acceptors (Lipinski definition) is 6. The minimum atomic E-state index is -0.440. The van der Waals surface area contributed by atoms with Gasteiger partial charge < -0.3 is 10.2 Å². The van der Waals surface area contributed by atoms with E-state index in [1.807, 2.05) is 0 Å². The van der Waals surface area contributed by atoms with Gasteiger partial charge in [-0.1, -0.05) is 37.8 Å². The molecule has 0 spiro atoms. The van der Waals surface area contributed by atoms with Gasteiger partial charge in [-0.15, -0.1) is 22.0 Å². The fraction of sp³-hybridized carbons (Fsp3) is 0.812. The fourth-order valence-corrected chi connectivity index (χ4v) is 5.21. The summed E-state index contributed by atoms with van der Waals surface area (Å²) in [4.78, 5) is 26.5. The van der Waals surface area contributed by atoms with E-state index < -0.39 is 6.04 Å². The highest BCUT2D eigenvalue weighted by Crippen LogP contribution is 2.56. The van der Waals surface area contributed by atoms with Gasteiger partial charge in [0.2, 0.25) is 11.8 Å². The maximum absolute atomic E-state index is 12.6. The van der Waals surface area contributed by atoms with Crippen LogP contribution in [0.3, 0.4) is 0 Å². The molecular formula is C16H26N6O2S. The molecule has 0 saturated carbocycles. The first-order valence-corrected chi connectivity index (χ1v) is 9.86. The van der Waals surface area contributed by atoms with Crippen molar-refractivity contribution in [2.45, 2.75) is 81.5 Å². The molecule has 2 aliphatic rings. The number of β-lactam (4-membered cyclic amide) rings is 1. The molecule has 3 atom stereocenters. The minimum absolute atomic E-state index is 0.0316. The molecule has 2 amide bonds. The number of amides is 2. The van der Waals surface area contributed by atoms with Gasteiger partial charge in [-0.25, -0.2) is 0 Å². The molecule has 2 saturated heterocycles.